The first-order valence-corrected chi connectivity index (χ1v) is 10.1. The van der Waals surface area contributed by atoms with Crippen molar-refractivity contribution < 1.29 is 9.59 Å². The molecule has 7 nitrogen and oxygen atoms in total. The predicted octanol–water partition coefficient (Wildman–Crippen LogP) is 1.65. The van der Waals surface area contributed by atoms with Gasteiger partial charge in [0.1, 0.15) is 5.69 Å². The summed E-state index contributed by atoms with van der Waals surface area (Å²) in [5, 5.41) is 8.63. The molecule has 0 bridgehead atoms. The summed E-state index contributed by atoms with van der Waals surface area (Å²) in [6.07, 6.45) is 0. The lowest BCUT2D eigenvalue weighted by atomic mass is 10.2. The molecule has 2 N–H and O–H groups in total. The number of carbonyl (C=O) groups excluding carboxylic acids is 2. The van der Waals surface area contributed by atoms with Crippen LogP contribution in [0.3, 0.4) is 0 Å². The van der Waals surface area contributed by atoms with E-state index in [0.717, 1.165) is 17.2 Å². The van der Waals surface area contributed by atoms with Crippen LogP contribution in [0, 0.1) is 0 Å². The van der Waals surface area contributed by atoms with Gasteiger partial charge in [0, 0.05) is 44.6 Å². The van der Waals surface area contributed by atoms with Gasteiger partial charge in [-0.3, -0.25) is 14.5 Å². The van der Waals surface area contributed by atoms with Gasteiger partial charge in [-0.2, -0.15) is 0 Å². The molecule has 0 spiro atoms. The molecule has 2 heterocycles. The van der Waals surface area contributed by atoms with Gasteiger partial charge >= 0.3 is 0 Å². The maximum atomic E-state index is 12.6. The van der Waals surface area contributed by atoms with E-state index in [1.165, 1.54) is 11.3 Å². The highest BCUT2D eigenvalue weighted by molar-refractivity contribution is 7.13. The average Bonchev–Trinajstić information content (AvgIpc) is 3.16. The fourth-order valence-electron chi connectivity index (χ4n) is 2.93. The number of nitrogens with zero attached hydrogens (tertiary/aromatic N) is 3. The first-order valence-electron chi connectivity index (χ1n) is 9.17. The number of aromatic nitrogens is 1. The normalized spacial score (nSPS) is 14.8. The van der Waals surface area contributed by atoms with E-state index in [1.807, 2.05) is 42.2 Å². The summed E-state index contributed by atoms with van der Waals surface area (Å²) >= 11 is 1.45. The lowest BCUT2D eigenvalue weighted by molar-refractivity contribution is -0.122. The molecule has 1 aliphatic heterocycles. The number of carbonyl (C=O) groups is 2. The van der Waals surface area contributed by atoms with E-state index in [4.69, 9.17) is 0 Å². The van der Waals surface area contributed by atoms with Crippen LogP contribution < -0.4 is 10.6 Å². The maximum absolute atomic E-state index is 12.6. The molecule has 8 heteroatoms. The van der Waals surface area contributed by atoms with Crippen molar-refractivity contribution in [3.05, 3.63) is 47.0 Å². The smallest absolute Gasteiger partial charge is 0.273 e. The van der Waals surface area contributed by atoms with Crippen molar-refractivity contribution in [2.45, 2.75) is 13.5 Å². The van der Waals surface area contributed by atoms with Crippen molar-refractivity contribution in [3.8, 4) is 0 Å². The monoisotopic (exact) mass is 387 g/mol. The summed E-state index contributed by atoms with van der Waals surface area (Å²) in [5.41, 5.74) is 1.58. The summed E-state index contributed by atoms with van der Waals surface area (Å²) in [4.78, 5) is 32.9. The van der Waals surface area contributed by atoms with E-state index in [9.17, 15) is 9.59 Å². The number of piperazine rings is 1. The Bertz CT molecular complexity index is 756. The van der Waals surface area contributed by atoms with Gasteiger partial charge in [-0.05, 0) is 12.5 Å². The predicted molar refractivity (Wildman–Crippen MR) is 107 cm³/mol. The molecule has 1 fully saturated rings. The zero-order valence-electron chi connectivity index (χ0n) is 15.5. The van der Waals surface area contributed by atoms with Crippen LogP contribution in [0.1, 0.15) is 23.0 Å². The molecule has 3 rings (SSSR count). The van der Waals surface area contributed by atoms with Crippen molar-refractivity contribution in [2.75, 3.05) is 44.6 Å². The Labute approximate surface area is 163 Å². The number of amides is 2. The van der Waals surface area contributed by atoms with Gasteiger partial charge in [0.25, 0.3) is 5.91 Å². The lowest BCUT2D eigenvalue weighted by Gasteiger charge is -2.33. The first kappa shape index (κ1) is 19.3. The van der Waals surface area contributed by atoms with Crippen LogP contribution >= 0.6 is 11.3 Å². The van der Waals surface area contributed by atoms with Crippen LogP contribution in [0.4, 0.5) is 5.13 Å². The number of hydrogen-bond donors (Lipinski definition) is 2. The number of rotatable bonds is 7. The minimum atomic E-state index is -0.0383. The largest absolute Gasteiger partial charge is 0.362 e. The maximum Gasteiger partial charge on any atom is 0.273 e. The van der Waals surface area contributed by atoms with Gasteiger partial charge in [0.2, 0.25) is 5.91 Å². The fourth-order valence-corrected chi connectivity index (χ4v) is 3.69. The molecule has 1 aliphatic rings. The second kappa shape index (κ2) is 9.48. The Kier molecular flexibility index (Phi) is 6.78. The summed E-state index contributed by atoms with van der Waals surface area (Å²) in [6, 6.07) is 9.86. The zero-order valence-corrected chi connectivity index (χ0v) is 16.3. The van der Waals surface area contributed by atoms with Crippen molar-refractivity contribution in [1.82, 2.24) is 20.1 Å². The number of thiazole rings is 1. The highest BCUT2D eigenvalue weighted by atomic mass is 32.1. The topological polar surface area (TPSA) is 77.6 Å². The van der Waals surface area contributed by atoms with Crippen LogP contribution in [0.15, 0.2) is 35.7 Å². The van der Waals surface area contributed by atoms with Gasteiger partial charge in [-0.1, -0.05) is 30.3 Å². The highest BCUT2D eigenvalue weighted by Gasteiger charge is 2.24. The van der Waals surface area contributed by atoms with Crippen molar-refractivity contribution in [2.24, 2.45) is 0 Å². The molecular formula is C19H25N5O2S. The van der Waals surface area contributed by atoms with E-state index < -0.39 is 0 Å². The Morgan fingerprint density at radius 2 is 1.89 bits per heavy atom. The van der Waals surface area contributed by atoms with Gasteiger partial charge in [0.15, 0.2) is 5.13 Å². The average molecular weight is 388 g/mol. The van der Waals surface area contributed by atoms with Crippen LogP contribution in [0.2, 0.25) is 0 Å². The summed E-state index contributed by atoms with van der Waals surface area (Å²) in [6.45, 7) is 6.28. The van der Waals surface area contributed by atoms with Crippen molar-refractivity contribution >= 4 is 28.3 Å². The Balaban J connectivity index is 1.41. The first-order chi connectivity index (χ1) is 13.2. The lowest BCUT2D eigenvalue weighted by Crippen LogP contribution is -2.51. The van der Waals surface area contributed by atoms with E-state index >= 15 is 0 Å². The molecule has 2 amide bonds. The molecule has 1 aromatic carbocycles. The van der Waals surface area contributed by atoms with E-state index in [1.54, 1.807) is 5.38 Å². The Morgan fingerprint density at radius 3 is 2.59 bits per heavy atom. The fraction of sp³-hybridized carbons (Fsp3) is 0.421. The molecule has 0 atom stereocenters. The second-order valence-corrected chi connectivity index (χ2v) is 7.26. The number of hydrogen-bond acceptors (Lipinski definition) is 6. The van der Waals surface area contributed by atoms with E-state index in [-0.39, 0.29) is 11.8 Å². The summed E-state index contributed by atoms with van der Waals surface area (Å²) in [7, 11) is 0. The second-order valence-electron chi connectivity index (χ2n) is 6.40. The van der Waals surface area contributed by atoms with Crippen molar-refractivity contribution in [3.63, 3.8) is 0 Å². The van der Waals surface area contributed by atoms with Gasteiger partial charge < -0.3 is 15.5 Å². The van der Waals surface area contributed by atoms with Gasteiger partial charge in [-0.25, -0.2) is 4.98 Å². The molecule has 1 aromatic heterocycles. The number of nitrogens with one attached hydrogen (secondary N) is 2. The third-order valence-electron chi connectivity index (χ3n) is 4.41. The standard InChI is InChI=1S/C19H25N5O2S/c1-2-20-19-22-16(14-27-19)18(26)24-10-8-23(9-11-24)13-17(25)21-12-15-6-4-3-5-7-15/h3-7,14H,2,8-13H2,1H3,(H,20,22)(H,21,25). The van der Waals surface area contributed by atoms with Gasteiger partial charge in [-0.15, -0.1) is 11.3 Å². The highest BCUT2D eigenvalue weighted by Crippen LogP contribution is 2.17. The molecule has 0 aliphatic carbocycles. The molecule has 144 valence electrons. The van der Waals surface area contributed by atoms with Crippen LogP contribution in [-0.4, -0.2) is 65.9 Å². The third-order valence-corrected chi connectivity index (χ3v) is 5.21. The number of anilines is 1. The van der Waals surface area contributed by atoms with Crippen LogP contribution in [0.25, 0.3) is 0 Å². The molecule has 1 saturated heterocycles. The molecule has 0 unspecified atom stereocenters. The third kappa shape index (κ3) is 5.51. The molecule has 0 radical (unpaired) electrons. The SMILES string of the molecule is CCNc1nc(C(=O)N2CCN(CC(=O)NCc3ccccc3)CC2)cs1. The minimum absolute atomic E-state index is 0.00779. The summed E-state index contributed by atoms with van der Waals surface area (Å²) in [5.74, 6) is -0.0306. The molecular weight excluding hydrogens is 362 g/mol. The van der Waals surface area contributed by atoms with Gasteiger partial charge in [0.05, 0.1) is 6.54 Å². The number of benzene rings is 1. The zero-order chi connectivity index (χ0) is 19.1. The summed E-state index contributed by atoms with van der Waals surface area (Å²) < 4.78 is 0. The van der Waals surface area contributed by atoms with Crippen LogP contribution in [0.5, 0.6) is 0 Å². The Morgan fingerprint density at radius 1 is 1.15 bits per heavy atom. The van der Waals surface area contributed by atoms with E-state index in [2.05, 4.69) is 20.5 Å². The molecule has 27 heavy (non-hydrogen) atoms. The minimum Gasteiger partial charge on any atom is -0.362 e. The molecule has 0 saturated carbocycles. The quantitative estimate of drug-likeness (QED) is 0.755. The Hall–Kier alpha value is -2.45. The molecule has 2 aromatic rings. The van der Waals surface area contributed by atoms with Crippen molar-refractivity contribution in [1.29, 1.82) is 0 Å². The van der Waals surface area contributed by atoms with Crippen LogP contribution in [-0.2, 0) is 11.3 Å². The van der Waals surface area contributed by atoms with E-state index in [0.29, 0.717) is 45.0 Å².